The lowest BCUT2D eigenvalue weighted by Gasteiger charge is -2.21. The van der Waals surface area contributed by atoms with E-state index in [9.17, 15) is 13.2 Å². The second-order valence-electron chi connectivity index (χ2n) is 8.14. The van der Waals surface area contributed by atoms with Gasteiger partial charge in [-0.05, 0) is 36.4 Å². The number of aliphatic imine (C=N–C) groups is 1. The molecule has 31 heavy (non-hydrogen) atoms. The summed E-state index contributed by atoms with van der Waals surface area (Å²) in [6.07, 6.45) is -2.46. The number of rotatable bonds is 8. The summed E-state index contributed by atoms with van der Waals surface area (Å²) in [6, 6.07) is 20.8. The maximum absolute atomic E-state index is 12.6. The van der Waals surface area contributed by atoms with Crippen LogP contribution in [0.15, 0.2) is 65.7 Å². The molecule has 168 valence electrons. The molecule has 0 saturated carbocycles. The Morgan fingerprint density at radius 3 is 2.39 bits per heavy atom. The molecule has 7 heteroatoms. The molecule has 0 bridgehead atoms. The fourth-order valence-corrected chi connectivity index (χ4v) is 4.09. The molecule has 1 saturated heterocycles. The second kappa shape index (κ2) is 11.2. The van der Waals surface area contributed by atoms with Crippen molar-refractivity contribution in [3.8, 4) is 0 Å². The van der Waals surface area contributed by atoms with Crippen molar-refractivity contribution in [2.45, 2.75) is 24.9 Å². The normalized spacial score (nSPS) is 18.7. The summed E-state index contributed by atoms with van der Waals surface area (Å²) in [7, 11) is 1.72. The summed E-state index contributed by atoms with van der Waals surface area (Å²) in [5.74, 6) is 1.15. The molecule has 0 aliphatic carbocycles. The van der Waals surface area contributed by atoms with Gasteiger partial charge >= 0.3 is 6.18 Å². The Kier molecular flexibility index (Phi) is 8.35. The van der Waals surface area contributed by atoms with Crippen LogP contribution in [-0.4, -0.2) is 56.8 Å². The van der Waals surface area contributed by atoms with Crippen LogP contribution in [0.5, 0.6) is 0 Å². The van der Waals surface area contributed by atoms with E-state index in [0.717, 1.165) is 12.8 Å². The average Bonchev–Trinajstić information content (AvgIpc) is 3.19. The Labute approximate surface area is 182 Å². The molecule has 2 atom stereocenters. The molecule has 2 aromatic rings. The third-order valence-electron chi connectivity index (χ3n) is 5.67. The molecule has 0 radical (unpaired) electrons. The number of likely N-dealkylation sites (tertiary alicyclic amines) is 1. The van der Waals surface area contributed by atoms with E-state index in [1.165, 1.54) is 16.0 Å². The van der Waals surface area contributed by atoms with Crippen LogP contribution in [0.3, 0.4) is 0 Å². The Hall–Kier alpha value is -2.54. The van der Waals surface area contributed by atoms with Gasteiger partial charge in [0.05, 0.1) is 6.54 Å². The minimum Gasteiger partial charge on any atom is -0.356 e. The predicted octanol–water partition coefficient (Wildman–Crippen LogP) is 4.06. The fourth-order valence-electron chi connectivity index (χ4n) is 4.09. The van der Waals surface area contributed by atoms with Gasteiger partial charge in [0.25, 0.3) is 0 Å². The zero-order valence-corrected chi connectivity index (χ0v) is 17.9. The standard InChI is InChI=1S/C24H31F3N4/c1-28-23(29-15-20-12-13-31(17-20)18-24(25,26)27)30-16-22(21-10-6-3-7-11-21)14-19-8-4-2-5-9-19/h2-11,20,22H,12-18H2,1H3,(H2,28,29,30). The van der Waals surface area contributed by atoms with Crippen molar-refractivity contribution in [1.82, 2.24) is 15.5 Å². The number of nitrogens with one attached hydrogen (secondary N) is 2. The first-order chi connectivity index (χ1) is 14.9. The van der Waals surface area contributed by atoms with E-state index >= 15 is 0 Å². The molecule has 0 aromatic heterocycles. The van der Waals surface area contributed by atoms with Gasteiger partial charge in [-0.3, -0.25) is 9.89 Å². The number of alkyl halides is 3. The van der Waals surface area contributed by atoms with Crippen LogP contribution < -0.4 is 10.6 Å². The van der Waals surface area contributed by atoms with Crippen LogP contribution >= 0.6 is 0 Å². The summed E-state index contributed by atoms with van der Waals surface area (Å²) in [5.41, 5.74) is 2.53. The van der Waals surface area contributed by atoms with Crippen LogP contribution in [0.4, 0.5) is 13.2 Å². The SMILES string of the molecule is CN=C(NCC1CCN(CC(F)(F)F)C1)NCC(Cc1ccccc1)c1ccccc1. The average molecular weight is 433 g/mol. The Balaban J connectivity index is 1.51. The highest BCUT2D eigenvalue weighted by molar-refractivity contribution is 5.79. The minimum absolute atomic E-state index is 0.190. The quantitative estimate of drug-likeness (QED) is 0.488. The Bertz CT molecular complexity index is 809. The van der Waals surface area contributed by atoms with Crippen molar-refractivity contribution in [2.24, 2.45) is 10.9 Å². The van der Waals surface area contributed by atoms with Gasteiger partial charge < -0.3 is 10.6 Å². The van der Waals surface area contributed by atoms with Gasteiger partial charge in [-0.2, -0.15) is 13.2 Å². The molecule has 0 spiro atoms. The topological polar surface area (TPSA) is 39.7 Å². The van der Waals surface area contributed by atoms with E-state index in [4.69, 9.17) is 0 Å². The number of hydrogen-bond donors (Lipinski definition) is 2. The van der Waals surface area contributed by atoms with E-state index in [2.05, 4.69) is 52.0 Å². The summed E-state index contributed by atoms with van der Waals surface area (Å²) < 4.78 is 37.8. The number of nitrogens with zero attached hydrogens (tertiary/aromatic N) is 2. The van der Waals surface area contributed by atoms with Crippen molar-refractivity contribution in [3.63, 3.8) is 0 Å². The molecular weight excluding hydrogens is 401 g/mol. The fraction of sp³-hybridized carbons (Fsp3) is 0.458. The summed E-state index contributed by atoms with van der Waals surface area (Å²) in [4.78, 5) is 5.78. The first-order valence-corrected chi connectivity index (χ1v) is 10.8. The van der Waals surface area contributed by atoms with Gasteiger partial charge in [0.2, 0.25) is 0 Å². The number of hydrogen-bond acceptors (Lipinski definition) is 2. The highest BCUT2D eigenvalue weighted by atomic mass is 19.4. The minimum atomic E-state index is -4.13. The predicted molar refractivity (Wildman–Crippen MR) is 119 cm³/mol. The molecule has 0 amide bonds. The van der Waals surface area contributed by atoms with Crippen LogP contribution in [0.25, 0.3) is 0 Å². The maximum atomic E-state index is 12.6. The Morgan fingerprint density at radius 2 is 1.74 bits per heavy atom. The molecule has 1 aliphatic rings. The van der Waals surface area contributed by atoms with E-state index in [0.29, 0.717) is 32.1 Å². The van der Waals surface area contributed by atoms with E-state index in [1.54, 1.807) is 7.05 Å². The highest BCUT2D eigenvalue weighted by Gasteiger charge is 2.34. The highest BCUT2D eigenvalue weighted by Crippen LogP contribution is 2.23. The summed E-state index contributed by atoms with van der Waals surface area (Å²) >= 11 is 0. The first kappa shape index (κ1) is 23.1. The van der Waals surface area contributed by atoms with Gasteiger partial charge in [0.1, 0.15) is 0 Å². The molecule has 2 unspecified atom stereocenters. The third kappa shape index (κ3) is 7.90. The van der Waals surface area contributed by atoms with Crippen molar-refractivity contribution < 1.29 is 13.2 Å². The molecule has 1 heterocycles. The lowest BCUT2D eigenvalue weighted by Crippen LogP contribution is -2.42. The van der Waals surface area contributed by atoms with Crippen LogP contribution in [0.1, 0.15) is 23.5 Å². The first-order valence-electron chi connectivity index (χ1n) is 10.8. The van der Waals surface area contributed by atoms with E-state index in [-0.39, 0.29) is 11.8 Å². The molecule has 2 N–H and O–H groups in total. The van der Waals surface area contributed by atoms with Crippen molar-refractivity contribution in [1.29, 1.82) is 0 Å². The maximum Gasteiger partial charge on any atom is 0.401 e. The van der Waals surface area contributed by atoms with Crippen molar-refractivity contribution >= 4 is 5.96 Å². The van der Waals surface area contributed by atoms with Gasteiger partial charge in [-0.25, -0.2) is 0 Å². The molecule has 3 rings (SSSR count). The van der Waals surface area contributed by atoms with Gasteiger partial charge in [-0.1, -0.05) is 60.7 Å². The lowest BCUT2D eigenvalue weighted by molar-refractivity contribution is -0.143. The number of benzene rings is 2. The largest absolute Gasteiger partial charge is 0.401 e. The second-order valence-corrected chi connectivity index (χ2v) is 8.14. The number of guanidine groups is 1. The smallest absolute Gasteiger partial charge is 0.356 e. The third-order valence-corrected chi connectivity index (χ3v) is 5.67. The molecule has 2 aromatic carbocycles. The lowest BCUT2D eigenvalue weighted by atomic mass is 9.92. The zero-order valence-electron chi connectivity index (χ0n) is 17.9. The van der Waals surface area contributed by atoms with Crippen LogP contribution in [0, 0.1) is 5.92 Å². The summed E-state index contributed by atoms with van der Waals surface area (Å²) in [6.45, 7) is 1.45. The van der Waals surface area contributed by atoms with Crippen molar-refractivity contribution in [2.75, 3.05) is 39.8 Å². The monoisotopic (exact) mass is 432 g/mol. The molecule has 1 fully saturated rings. The van der Waals surface area contributed by atoms with Gasteiger partial charge in [-0.15, -0.1) is 0 Å². The van der Waals surface area contributed by atoms with Crippen LogP contribution in [-0.2, 0) is 6.42 Å². The molecule has 1 aliphatic heterocycles. The molecular formula is C24H31F3N4. The number of halogens is 3. The van der Waals surface area contributed by atoms with Gasteiger partial charge in [0.15, 0.2) is 5.96 Å². The molecule has 4 nitrogen and oxygen atoms in total. The zero-order chi connectivity index (χ0) is 22.1. The van der Waals surface area contributed by atoms with E-state index < -0.39 is 12.7 Å². The summed E-state index contributed by atoms with van der Waals surface area (Å²) in [5, 5.41) is 6.70. The van der Waals surface area contributed by atoms with Crippen molar-refractivity contribution in [3.05, 3.63) is 71.8 Å². The Morgan fingerprint density at radius 1 is 1.06 bits per heavy atom. The van der Waals surface area contributed by atoms with Crippen LogP contribution in [0.2, 0.25) is 0 Å². The van der Waals surface area contributed by atoms with Gasteiger partial charge in [0, 0.05) is 32.6 Å². The van der Waals surface area contributed by atoms with E-state index in [1.807, 2.05) is 24.3 Å².